The highest BCUT2D eigenvalue weighted by Gasteiger charge is 2.44. The molecule has 0 saturated heterocycles. The number of phenols is 1. The third kappa shape index (κ3) is 8.55. The first-order valence-electron chi connectivity index (χ1n) is 18.2. The third-order valence-electron chi connectivity index (χ3n) is 9.84. The van der Waals surface area contributed by atoms with E-state index in [-0.39, 0.29) is 33.0 Å². The van der Waals surface area contributed by atoms with Crippen molar-refractivity contribution >= 4 is 6.21 Å². The number of rotatable bonds is 9. The highest BCUT2D eigenvalue weighted by Crippen LogP contribution is 2.49. The number of ether oxygens (including phenoxy) is 2. The Morgan fingerprint density at radius 1 is 0.635 bits per heavy atom. The van der Waals surface area contributed by atoms with Crippen molar-refractivity contribution in [3.63, 3.8) is 0 Å². The Morgan fingerprint density at radius 3 is 1.40 bits per heavy atom. The van der Waals surface area contributed by atoms with E-state index in [9.17, 15) is 14.6 Å². The molecular weight excluding hydrogens is 650 g/mol. The molecule has 0 aliphatic rings. The van der Waals surface area contributed by atoms with Gasteiger partial charge in [0.25, 0.3) is 0 Å². The molecule has 1 unspecified atom stereocenters. The molecule has 0 bridgehead atoms. The summed E-state index contributed by atoms with van der Waals surface area (Å²) in [6, 6.07) is 21.2. The van der Waals surface area contributed by atoms with E-state index < -0.39 is 17.5 Å². The number of methoxy groups -OCH3 is 2. The van der Waals surface area contributed by atoms with E-state index in [4.69, 9.17) is 14.5 Å². The Labute approximate surface area is 312 Å². The summed E-state index contributed by atoms with van der Waals surface area (Å²) in [4.78, 5) is 5.10. The second-order valence-corrected chi connectivity index (χ2v) is 18.2. The molecule has 2 N–H and O–H groups in total. The van der Waals surface area contributed by atoms with Gasteiger partial charge in [-0.3, -0.25) is 4.99 Å². The lowest BCUT2D eigenvalue weighted by molar-refractivity contribution is 0.0521. The van der Waals surface area contributed by atoms with E-state index >= 15 is 0 Å². The summed E-state index contributed by atoms with van der Waals surface area (Å²) >= 11 is 0. The molecule has 4 aromatic carbocycles. The van der Waals surface area contributed by atoms with Crippen LogP contribution in [0.25, 0.3) is 0 Å². The van der Waals surface area contributed by atoms with Gasteiger partial charge in [0.1, 0.15) is 28.7 Å². The molecule has 0 amide bonds. The molecule has 0 saturated carbocycles. The van der Waals surface area contributed by atoms with E-state index in [1.807, 2.05) is 30.3 Å². The predicted octanol–water partition coefficient (Wildman–Crippen LogP) is 10.7. The van der Waals surface area contributed by atoms with Crippen molar-refractivity contribution in [1.82, 2.24) is 0 Å². The van der Waals surface area contributed by atoms with Crippen LogP contribution in [-0.4, -0.2) is 36.7 Å². The normalized spacial score (nSPS) is 13.8. The number of hydrogen-bond acceptors (Lipinski definition) is 5. The second-order valence-electron chi connectivity index (χ2n) is 18.2. The van der Waals surface area contributed by atoms with Crippen molar-refractivity contribution in [3.8, 4) is 17.2 Å². The minimum atomic E-state index is -1.74. The molecule has 0 heterocycles. The van der Waals surface area contributed by atoms with Crippen LogP contribution >= 0.6 is 0 Å². The van der Waals surface area contributed by atoms with Gasteiger partial charge in [-0.25, -0.2) is 4.39 Å². The number of aliphatic imine (C=N–C) groups is 1. The molecule has 0 radical (unpaired) electrons. The third-order valence-corrected chi connectivity index (χ3v) is 9.84. The van der Waals surface area contributed by atoms with Gasteiger partial charge in [-0.2, -0.15) is 0 Å². The van der Waals surface area contributed by atoms with Crippen molar-refractivity contribution in [2.45, 2.75) is 123 Å². The molecule has 0 aromatic heterocycles. The van der Waals surface area contributed by atoms with Crippen LogP contribution in [0.2, 0.25) is 0 Å². The molecule has 0 aliphatic heterocycles. The number of hydrogen-bond donors (Lipinski definition) is 2. The minimum Gasteiger partial charge on any atom is -0.507 e. The summed E-state index contributed by atoms with van der Waals surface area (Å²) in [5.41, 5.74) is 3.22. The Bertz CT molecular complexity index is 1750. The van der Waals surface area contributed by atoms with Gasteiger partial charge in [0.15, 0.2) is 0 Å². The zero-order valence-corrected chi connectivity index (χ0v) is 33.8. The molecule has 4 rings (SSSR count). The zero-order valence-electron chi connectivity index (χ0n) is 33.8. The fourth-order valence-electron chi connectivity index (χ4n) is 6.86. The van der Waals surface area contributed by atoms with Gasteiger partial charge in [0, 0.05) is 34.0 Å². The lowest BCUT2D eigenvalue weighted by Crippen LogP contribution is -2.42. The van der Waals surface area contributed by atoms with Crippen LogP contribution in [-0.2, 0) is 33.7 Å². The van der Waals surface area contributed by atoms with Gasteiger partial charge in [0.2, 0.25) is 0 Å². The Hall–Kier alpha value is -4.16. The molecule has 1 atom stereocenters. The van der Waals surface area contributed by atoms with E-state index in [2.05, 4.69) is 107 Å². The SMILES string of the molecule is COc1c(C(C)(C)C)cc(C(O)(c2cc(C(C)(C)C)c(OC)c(C(C)(C)C)c2)C(Cc2ccccc2)N=Cc2cc(F)ccc2O)cc1C(C)(C)C. The number of benzene rings is 4. The fourth-order valence-corrected chi connectivity index (χ4v) is 6.86. The van der Waals surface area contributed by atoms with Gasteiger partial charge >= 0.3 is 0 Å². The maximum absolute atomic E-state index is 14.5. The van der Waals surface area contributed by atoms with Crippen molar-refractivity contribution in [3.05, 3.63) is 123 Å². The minimum absolute atomic E-state index is 0.101. The van der Waals surface area contributed by atoms with Crippen LogP contribution in [0.1, 0.15) is 128 Å². The van der Waals surface area contributed by atoms with E-state index in [1.54, 1.807) is 14.2 Å². The molecule has 52 heavy (non-hydrogen) atoms. The van der Waals surface area contributed by atoms with Gasteiger partial charge in [-0.1, -0.05) is 113 Å². The Morgan fingerprint density at radius 2 is 1.04 bits per heavy atom. The zero-order chi connectivity index (χ0) is 39.0. The van der Waals surface area contributed by atoms with Crippen LogP contribution in [0, 0.1) is 5.82 Å². The lowest BCUT2D eigenvalue weighted by atomic mass is 9.70. The lowest BCUT2D eigenvalue weighted by Gasteiger charge is -2.40. The highest BCUT2D eigenvalue weighted by atomic mass is 19.1. The first-order valence-corrected chi connectivity index (χ1v) is 18.2. The molecule has 6 heteroatoms. The molecular formula is C46H60FNO4. The molecule has 4 aromatic rings. The van der Waals surface area contributed by atoms with Crippen molar-refractivity contribution in [2.75, 3.05) is 14.2 Å². The largest absolute Gasteiger partial charge is 0.507 e. The van der Waals surface area contributed by atoms with Gasteiger partial charge in [-0.05, 0) is 87.2 Å². The summed E-state index contributed by atoms with van der Waals surface area (Å²) in [5.74, 6) is 0.989. The molecule has 0 fully saturated rings. The summed E-state index contributed by atoms with van der Waals surface area (Å²) in [5, 5.41) is 24.8. The smallest absolute Gasteiger partial charge is 0.137 e. The Balaban J connectivity index is 2.27. The van der Waals surface area contributed by atoms with Crippen LogP contribution in [0.3, 0.4) is 0 Å². The summed E-state index contributed by atoms with van der Waals surface area (Å²) in [6.07, 6.45) is 1.82. The summed E-state index contributed by atoms with van der Waals surface area (Å²) in [7, 11) is 3.41. The molecule has 5 nitrogen and oxygen atoms in total. The summed E-state index contributed by atoms with van der Waals surface area (Å²) in [6.45, 7) is 25.8. The Kier molecular flexibility index (Phi) is 11.5. The topological polar surface area (TPSA) is 71.3 Å². The van der Waals surface area contributed by atoms with Crippen molar-refractivity contribution in [2.24, 2.45) is 4.99 Å². The number of aliphatic hydroxyl groups is 1. The maximum atomic E-state index is 14.5. The van der Waals surface area contributed by atoms with Gasteiger partial charge < -0.3 is 19.7 Å². The molecule has 0 aliphatic carbocycles. The number of halogens is 1. The van der Waals surface area contributed by atoms with E-state index in [0.29, 0.717) is 17.5 Å². The number of aromatic hydroxyl groups is 1. The number of phenolic OH excluding ortho intramolecular Hbond substituents is 1. The standard InChI is InChI=1S/C46H60FNO4/c1-42(2,3)34-24-31(25-35(40(34)51-13)43(4,5)6)46(50,32-26-36(44(7,8)9)41(52-14)37(27-32)45(10,11)12)39(22-29-18-16-15-17-19-29)48-28-30-23-33(47)20-21-38(30)49/h15-21,23-28,39,49-50H,22H2,1-14H3. The summed E-state index contributed by atoms with van der Waals surface area (Å²) < 4.78 is 26.8. The van der Waals surface area contributed by atoms with Crippen LogP contribution in [0.4, 0.5) is 4.39 Å². The maximum Gasteiger partial charge on any atom is 0.137 e. The highest BCUT2D eigenvalue weighted by molar-refractivity contribution is 5.83. The van der Waals surface area contributed by atoms with Gasteiger partial charge in [0.05, 0.1) is 20.3 Å². The van der Waals surface area contributed by atoms with Crippen molar-refractivity contribution in [1.29, 1.82) is 0 Å². The first-order chi connectivity index (χ1) is 23.9. The van der Waals surface area contributed by atoms with Crippen LogP contribution in [0.15, 0.2) is 77.8 Å². The fraction of sp³-hybridized carbons (Fsp3) is 0.457. The monoisotopic (exact) mass is 709 g/mol. The van der Waals surface area contributed by atoms with E-state index in [0.717, 1.165) is 39.3 Å². The van der Waals surface area contributed by atoms with Crippen LogP contribution in [0.5, 0.6) is 17.2 Å². The van der Waals surface area contributed by atoms with Crippen LogP contribution < -0.4 is 9.47 Å². The average molecular weight is 710 g/mol. The quantitative estimate of drug-likeness (QED) is 0.170. The van der Waals surface area contributed by atoms with Gasteiger partial charge in [-0.15, -0.1) is 0 Å². The molecule has 0 spiro atoms. The average Bonchev–Trinajstić information content (AvgIpc) is 3.05. The second kappa shape index (κ2) is 14.7. The first kappa shape index (κ1) is 40.6. The van der Waals surface area contributed by atoms with E-state index in [1.165, 1.54) is 24.4 Å². The molecule has 280 valence electrons. The number of nitrogens with zero attached hydrogens (tertiary/aromatic N) is 1. The predicted molar refractivity (Wildman–Crippen MR) is 213 cm³/mol. The van der Waals surface area contributed by atoms with Crippen molar-refractivity contribution < 1.29 is 24.1 Å².